The molecule has 26 heavy (non-hydrogen) atoms. The third-order valence-corrected chi connectivity index (χ3v) is 4.71. The van der Waals surface area contributed by atoms with E-state index in [0.717, 1.165) is 60.3 Å². The Balaban J connectivity index is 1.53. The molecule has 0 saturated heterocycles. The first kappa shape index (κ1) is 16.3. The molecule has 3 aromatic rings. The average Bonchev–Trinajstić information content (AvgIpc) is 3.12. The van der Waals surface area contributed by atoms with Gasteiger partial charge in [0.05, 0.1) is 25.3 Å². The molecule has 1 aliphatic rings. The van der Waals surface area contributed by atoms with Gasteiger partial charge in [0.15, 0.2) is 5.82 Å². The lowest BCUT2D eigenvalue weighted by molar-refractivity contribution is 0.209. The second-order valence-electron chi connectivity index (χ2n) is 6.30. The summed E-state index contributed by atoms with van der Waals surface area (Å²) in [6.45, 7) is 3.20. The summed E-state index contributed by atoms with van der Waals surface area (Å²) in [6, 6.07) is 17.9. The van der Waals surface area contributed by atoms with Crippen LogP contribution >= 0.6 is 0 Å². The number of hydrogen-bond acceptors (Lipinski definition) is 5. The highest BCUT2D eigenvalue weighted by Crippen LogP contribution is 2.24. The van der Waals surface area contributed by atoms with Crippen LogP contribution in [0.4, 0.5) is 0 Å². The third kappa shape index (κ3) is 3.05. The molecule has 0 aliphatic carbocycles. The van der Waals surface area contributed by atoms with E-state index in [-0.39, 0.29) is 0 Å². The van der Waals surface area contributed by atoms with Gasteiger partial charge in [0.1, 0.15) is 11.6 Å². The standard InChI is InChI=1S/C20H19N5O/c1-26-18-8-6-15(7-9-18)20-23-22-19-14-24(10-11-25(19)20)13-17-5-3-2-4-16(17)12-21/h2-9H,10-11,13-14H2,1H3. The van der Waals surface area contributed by atoms with Crippen LogP contribution in [0.5, 0.6) is 5.75 Å². The Hall–Kier alpha value is -3.17. The van der Waals surface area contributed by atoms with Crippen molar-refractivity contribution >= 4 is 0 Å². The minimum atomic E-state index is 0.725. The Kier molecular flexibility index (Phi) is 4.38. The highest BCUT2D eigenvalue weighted by molar-refractivity contribution is 5.56. The highest BCUT2D eigenvalue weighted by Gasteiger charge is 2.22. The lowest BCUT2D eigenvalue weighted by Gasteiger charge is -2.28. The predicted molar refractivity (Wildman–Crippen MR) is 97.3 cm³/mol. The van der Waals surface area contributed by atoms with Crippen LogP contribution in [0.15, 0.2) is 48.5 Å². The summed E-state index contributed by atoms with van der Waals surface area (Å²) < 4.78 is 7.39. The van der Waals surface area contributed by atoms with E-state index in [9.17, 15) is 5.26 Å². The molecule has 2 aromatic carbocycles. The molecule has 6 nitrogen and oxygen atoms in total. The van der Waals surface area contributed by atoms with E-state index in [4.69, 9.17) is 4.74 Å². The second-order valence-corrected chi connectivity index (χ2v) is 6.30. The first-order chi connectivity index (χ1) is 12.8. The molecule has 4 rings (SSSR count). The smallest absolute Gasteiger partial charge is 0.164 e. The van der Waals surface area contributed by atoms with Crippen molar-refractivity contribution in [2.24, 2.45) is 0 Å². The predicted octanol–water partition coefficient (Wildman–Crippen LogP) is 2.84. The van der Waals surface area contributed by atoms with Gasteiger partial charge >= 0.3 is 0 Å². The fourth-order valence-corrected chi connectivity index (χ4v) is 3.30. The monoisotopic (exact) mass is 345 g/mol. The van der Waals surface area contributed by atoms with Gasteiger partial charge in [0.25, 0.3) is 0 Å². The number of nitrogens with zero attached hydrogens (tertiary/aromatic N) is 5. The maximum atomic E-state index is 9.27. The largest absolute Gasteiger partial charge is 0.497 e. The Morgan fingerprint density at radius 2 is 1.88 bits per heavy atom. The van der Waals surface area contributed by atoms with Crippen molar-refractivity contribution in [3.8, 4) is 23.2 Å². The summed E-state index contributed by atoms with van der Waals surface area (Å²) >= 11 is 0. The van der Waals surface area contributed by atoms with Gasteiger partial charge < -0.3 is 9.30 Å². The summed E-state index contributed by atoms with van der Waals surface area (Å²) in [5.41, 5.74) is 2.82. The zero-order valence-electron chi connectivity index (χ0n) is 14.6. The quantitative estimate of drug-likeness (QED) is 0.727. The van der Waals surface area contributed by atoms with Gasteiger partial charge in [-0.25, -0.2) is 0 Å². The van der Waals surface area contributed by atoms with Crippen LogP contribution in [0.2, 0.25) is 0 Å². The van der Waals surface area contributed by atoms with Gasteiger partial charge in [-0.15, -0.1) is 10.2 Å². The molecular weight excluding hydrogens is 326 g/mol. The molecule has 0 fully saturated rings. The Morgan fingerprint density at radius 1 is 1.08 bits per heavy atom. The van der Waals surface area contributed by atoms with Gasteiger partial charge in [-0.05, 0) is 35.9 Å². The zero-order valence-corrected chi connectivity index (χ0v) is 14.6. The van der Waals surface area contributed by atoms with Crippen LogP contribution < -0.4 is 4.74 Å². The maximum Gasteiger partial charge on any atom is 0.164 e. The molecule has 0 radical (unpaired) electrons. The van der Waals surface area contributed by atoms with E-state index in [1.54, 1.807) is 7.11 Å². The van der Waals surface area contributed by atoms with Gasteiger partial charge in [-0.2, -0.15) is 5.26 Å². The number of ether oxygens (including phenoxy) is 1. The fourth-order valence-electron chi connectivity index (χ4n) is 3.30. The average molecular weight is 345 g/mol. The number of aromatic nitrogens is 3. The molecule has 0 N–H and O–H groups in total. The zero-order chi connectivity index (χ0) is 17.9. The highest BCUT2D eigenvalue weighted by atomic mass is 16.5. The van der Waals surface area contributed by atoms with Gasteiger partial charge in [0.2, 0.25) is 0 Å². The first-order valence-corrected chi connectivity index (χ1v) is 8.55. The summed E-state index contributed by atoms with van der Waals surface area (Å²) in [6.07, 6.45) is 0. The topological polar surface area (TPSA) is 67.0 Å². The van der Waals surface area contributed by atoms with E-state index in [2.05, 4.69) is 25.7 Å². The van der Waals surface area contributed by atoms with E-state index >= 15 is 0 Å². The van der Waals surface area contributed by atoms with Crippen molar-refractivity contribution in [1.82, 2.24) is 19.7 Å². The minimum absolute atomic E-state index is 0.725. The number of hydrogen-bond donors (Lipinski definition) is 0. The number of nitriles is 1. The Morgan fingerprint density at radius 3 is 2.65 bits per heavy atom. The molecule has 0 saturated carbocycles. The normalized spacial score (nSPS) is 13.8. The molecule has 6 heteroatoms. The van der Waals surface area contributed by atoms with Crippen LogP contribution in [-0.2, 0) is 19.6 Å². The van der Waals surface area contributed by atoms with Crippen molar-refractivity contribution in [3.05, 3.63) is 65.5 Å². The van der Waals surface area contributed by atoms with E-state index < -0.39 is 0 Å². The lowest BCUT2D eigenvalue weighted by Crippen LogP contribution is -2.33. The van der Waals surface area contributed by atoms with Crippen molar-refractivity contribution in [2.75, 3.05) is 13.7 Å². The molecular formula is C20H19N5O. The lowest BCUT2D eigenvalue weighted by atomic mass is 10.1. The summed E-state index contributed by atoms with van der Waals surface area (Å²) in [5.74, 6) is 2.67. The molecule has 130 valence electrons. The van der Waals surface area contributed by atoms with E-state index in [1.165, 1.54) is 0 Å². The van der Waals surface area contributed by atoms with Crippen molar-refractivity contribution in [3.63, 3.8) is 0 Å². The van der Waals surface area contributed by atoms with Crippen LogP contribution in [0, 0.1) is 11.3 Å². The third-order valence-electron chi connectivity index (χ3n) is 4.71. The Labute approximate surface area is 152 Å². The van der Waals surface area contributed by atoms with Gasteiger partial charge in [0, 0.05) is 25.2 Å². The molecule has 1 aromatic heterocycles. The molecule has 0 unspecified atom stereocenters. The SMILES string of the molecule is COc1ccc(-c2nnc3n2CCN(Cc2ccccc2C#N)C3)cc1. The first-order valence-electron chi connectivity index (χ1n) is 8.55. The number of fused-ring (bicyclic) bond motifs is 1. The second kappa shape index (κ2) is 6.98. The van der Waals surface area contributed by atoms with E-state index in [0.29, 0.717) is 0 Å². The molecule has 0 bridgehead atoms. The van der Waals surface area contributed by atoms with E-state index in [1.807, 2.05) is 48.5 Å². The van der Waals surface area contributed by atoms with Crippen LogP contribution in [0.1, 0.15) is 17.0 Å². The van der Waals surface area contributed by atoms with Crippen LogP contribution in [0.3, 0.4) is 0 Å². The number of methoxy groups -OCH3 is 1. The van der Waals surface area contributed by atoms with Gasteiger partial charge in [-0.3, -0.25) is 4.90 Å². The van der Waals surface area contributed by atoms with Crippen LogP contribution in [0.25, 0.3) is 11.4 Å². The van der Waals surface area contributed by atoms with Crippen molar-refractivity contribution < 1.29 is 4.74 Å². The number of rotatable bonds is 4. The molecule has 0 amide bonds. The van der Waals surface area contributed by atoms with Crippen molar-refractivity contribution in [2.45, 2.75) is 19.6 Å². The van der Waals surface area contributed by atoms with Crippen LogP contribution in [-0.4, -0.2) is 33.3 Å². The number of benzene rings is 2. The molecule has 1 aliphatic heterocycles. The molecule has 0 spiro atoms. The fraction of sp³-hybridized carbons (Fsp3) is 0.250. The van der Waals surface area contributed by atoms with Crippen molar-refractivity contribution in [1.29, 1.82) is 5.26 Å². The van der Waals surface area contributed by atoms with Gasteiger partial charge in [-0.1, -0.05) is 18.2 Å². The molecule has 2 heterocycles. The summed E-state index contributed by atoms with van der Waals surface area (Å²) in [5, 5.41) is 18.0. The summed E-state index contributed by atoms with van der Waals surface area (Å²) in [7, 11) is 1.66. The minimum Gasteiger partial charge on any atom is -0.497 e. The summed E-state index contributed by atoms with van der Waals surface area (Å²) in [4.78, 5) is 2.30. The molecule has 0 atom stereocenters. The Bertz CT molecular complexity index is 955. The maximum absolute atomic E-state index is 9.27.